The summed E-state index contributed by atoms with van der Waals surface area (Å²) in [6, 6.07) is 11.3. The van der Waals surface area contributed by atoms with Gasteiger partial charge in [-0.25, -0.2) is 0 Å². The van der Waals surface area contributed by atoms with Crippen molar-refractivity contribution in [2.45, 2.75) is 6.92 Å². The maximum absolute atomic E-state index is 10.9. The van der Waals surface area contributed by atoms with Crippen LogP contribution >= 0.6 is 0 Å². The Labute approximate surface area is 100.0 Å². The van der Waals surface area contributed by atoms with Gasteiger partial charge in [-0.1, -0.05) is 18.2 Å². The van der Waals surface area contributed by atoms with Gasteiger partial charge in [0.1, 0.15) is 5.75 Å². The molecular weight excluding hydrogens is 216 g/mol. The summed E-state index contributed by atoms with van der Waals surface area (Å²) in [5, 5.41) is 2.05. The molecule has 17 heavy (non-hydrogen) atoms. The van der Waals surface area contributed by atoms with E-state index >= 15 is 0 Å². The topological polar surface area (TPSA) is 35.5 Å². The van der Waals surface area contributed by atoms with E-state index in [1.807, 2.05) is 30.3 Å². The zero-order chi connectivity index (χ0) is 12.3. The molecule has 0 amide bonds. The quantitative estimate of drug-likeness (QED) is 0.598. The van der Waals surface area contributed by atoms with Gasteiger partial charge in [-0.15, -0.1) is 0 Å². The average molecular weight is 228 g/mol. The van der Waals surface area contributed by atoms with Crippen molar-refractivity contribution in [3.05, 3.63) is 48.6 Å². The summed E-state index contributed by atoms with van der Waals surface area (Å²) in [6.45, 7) is 4.13. The van der Waals surface area contributed by atoms with Crippen molar-refractivity contribution in [3.8, 4) is 5.75 Å². The smallest absolute Gasteiger partial charge is 0.308 e. The van der Waals surface area contributed by atoms with E-state index in [2.05, 4.69) is 6.61 Å². The van der Waals surface area contributed by atoms with Crippen LogP contribution in [0.2, 0.25) is 0 Å². The van der Waals surface area contributed by atoms with Gasteiger partial charge < -0.3 is 9.47 Å². The number of rotatable bonds is 3. The Morgan fingerprint density at radius 2 is 1.88 bits per heavy atom. The van der Waals surface area contributed by atoms with E-state index in [0.29, 0.717) is 5.75 Å². The van der Waals surface area contributed by atoms with Crippen molar-refractivity contribution in [2.75, 3.05) is 7.11 Å². The summed E-state index contributed by atoms with van der Waals surface area (Å²) in [4.78, 5) is 10.9. The van der Waals surface area contributed by atoms with Crippen molar-refractivity contribution in [1.29, 1.82) is 0 Å². The minimum atomic E-state index is -0.324. The van der Waals surface area contributed by atoms with Crippen LogP contribution in [0.3, 0.4) is 0 Å². The van der Waals surface area contributed by atoms with E-state index < -0.39 is 0 Å². The highest BCUT2D eigenvalue weighted by atomic mass is 16.5. The Morgan fingerprint density at radius 3 is 2.59 bits per heavy atom. The molecule has 0 atom stereocenters. The third kappa shape index (κ3) is 2.82. The molecule has 0 aliphatic carbocycles. The largest absolute Gasteiger partial charge is 0.427 e. The summed E-state index contributed by atoms with van der Waals surface area (Å²) >= 11 is 0. The molecule has 0 N–H and O–H groups in total. The van der Waals surface area contributed by atoms with Crippen LogP contribution in [0.1, 0.15) is 12.5 Å². The molecular formula is C14H12O3. The molecule has 3 nitrogen and oxygen atoms in total. The molecule has 0 heterocycles. The number of ether oxygens (including phenoxy) is 2. The number of hydrogen-bond donors (Lipinski definition) is 0. The zero-order valence-electron chi connectivity index (χ0n) is 9.69. The number of esters is 1. The predicted octanol–water partition coefficient (Wildman–Crippen LogP) is 2.80. The van der Waals surface area contributed by atoms with E-state index in [4.69, 9.17) is 9.47 Å². The Hall–Kier alpha value is -1.87. The lowest BCUT2D eigenvalue weighted by molar-refractivity contribution is -0.131. The molecule has 0 aliphatic rings. The van der Waals surface area contributed by atoms with E-state index in [-0.39, 0.29) is 5.97 Å². The lowest BCUT2D eigenvalue weighted by Crippen LogP contribution is -2.00. The number of fused-ring (bicyclic) bond motifs is 1. The molecule has 3 heteroatoms. The molecule has 0 spiro atoms. The van der Waals surface area contributed by atoms with Gasteiger partial charge in [0.15, 0.2) is 6.61 Å². The second kappa shape index (κ2) is 4.97. The number of hydrogen-bond acceptors (Lipinski definition) is 3. The van der Waals surface area contributed by atoms with Gasteiger partial charge in [0.25, 0.3) is 0 Å². The van der Waals surface area contributed by atoms with Crippen molar-refractivity contribution in [1.82, 2.24) is 0 Å². The van der Waals surface area contributed by atoms with Crippen molar-refractivity contribution in [3.63, 3.8) is 0 Å². The Balaban J connectivity index is 2.39. The molecule has 0 saturated carbocycles. The molecule has 2 aromatic carbocycles. The fourth-order valence-electron chi connectivity index (χ4n) is 1.64. The van der Waals surface area contributed by atoms with Gasteiger partial charge in [-0.3, -0.25) is 4.79 Å². The van der Waals surface area contributed by atoms with Gasteiger partial charge in [0, 0.05) is 14.0 Å². The van der Waals surface area contributed by atoms with Gasteiger partial charge in [0.05, 0.1) is 0 Å². The minimum Gasteiger partial charge on any atom is -0.427 e. The first-order chi connectivity index (χ1) is 8.19. The van der Waals surface area contributed by atoms with Crippen LogP contribution in [0.15, 0.2) is 36.4 Å². The van der Waals surface area contributed by atoms with Crippen LogP contribution in [-0.4, -0.2) is 13.1 Å². The predicted molar refractivity (Wildman–Crippen MR) is 64.6 cm³/mol. The summed E-state index contributed by atoms with van der Waals surface area (Å²) in [7, 11) is 1.56. The maximum atomic E-state index is 10.9. The highest BCUT2D eigenvalue weighted by Crippen LogP contribution is 2.22. The van der Waals surface area contributed by atoms with Gasteiger partial charge in [-0.2, -0.15) is 0 Å². The first-order valence-corrected chi connectivity index (χ1v) is 5.20. The molecule has 2 radical (unpaired) electrons. The van der Waals surface area contributed by atoms with Crippen LogP contribution < -0.4 is 4.74 Å². The van der Waals surface area contributed by atoms with Gasteiger partial charge in [-0.05, 0) is 34.5 Å². The van der Waals surface area contributed by atoms with Gasteiger partial charge >= 0.3 is 5.97 Å². The molecule has 0 unspecified atom stereocenters. The molecule has 0 fully saturated rings. The van der Waals surface area contributed by atoms with Crippen LogP contribution in [0.4, 0.5) is 0 Å². The summed E-state index contributed by atoms with van der Waals surface area (Å²) in [5.74, 6) is 0.218. The lowest BCUT2D eigenvalue weighted by atomic mass is 10.1. The van der Waals surface area contributed by atoms with Gasteiger partial charge in [0.2, 0.25) is 0 Å². The van der Waals surface area contributed by atoms with Crippen LogP contribution in [0.5, 0.6) is 5.75 Å². The third-order valence-corrected chi connectivity index (χ3v) is 2.29. The fraction of sp³-hybridized carbons (Fsp3) is 0.143. The highest BCUT2D eigenvalue weighted by Gasteiger charge is 2.02. The summed E-state index contributed by atoms with van der Waals surface area (Å²) in [5.41, 5.74) is 0.847. The minimum absolute atomic E-state index is 0.324. The molecule has 2 aromatic rings. The summed E-state index contributed by atoms with van der Waals surface area (Å²) in [6.07, 6.45) is 0. The molecule has 86 valence electrons. The fourth-order valence-corrected chi connectivity index (χ4v) is 1.64. The maximum Gasteiger partial charge on any atom is 0.308 e. The first-order valence-electron chi connectivity index (χ1n) is 5.20. The molecule has 0 saturated heterocycles. The van der Waals surface area contributed by atoms with E-state index in [1.54, 1.807) is 13.2 Å². The Kier molecular flexibility index (Phi) is 3.40. The van der Waals surface area contributed by atoms with Crippen molar-refractivity contribution in [2.24, 2.45) is 0 Å². The molecule has 2 rings (SSSR count). The average Bonchev–Trinajstić information content (AvgIpc) is 2.28. The SMILES string of the molecule is CO[C]c1ccc2ccc(OC(C)=O)cc2c1. The first kappa shape index (κ1) is 11.6. The summed E-state index contributed by atoms with van der Waals surface area (Å²) < 4.78 is 9.87. The Morgan fingerprint density at radius 1 is 1.12 bits per heavy atom. The normalized spacial score (nSPS) is 10.5. The zero-order valence-corrected chi connectivity index (χ0v) is 9.69. The molecule has 0 bridgehead atoms. The second-order valence-corrected chi connectivity index (χ2v) is 3.62. The monoisotopic (exact) mass is 228 g/mol. The number of carbonyl (C=O) groups excluding carboxylic acids is 1. The second-order valence-electron chi connectivity index (χ2n) is 3.62. The standard InChI is InChI=1S/C14H12O3/c1-10(15)17-14-6-5-12-4-3-11(9-16-2)7-13(12)8-14/h3-8H,1-2H3. The molecule has 0 aromatic heterocycles. The Bertz CT molecular complexity index is 546. The number of carbonyl (C=O) groups is 1. The molecule has 0 aliphatic heterocycles. The van der Waals surface area contributed by atoms with Crippen LogP contribution in [0.25, 0.3) is 10.8 Å². The van der Waals surface area contributed by atoms with E-state index in [0.717, 1.165) is 16.3 Å². The van der Waals surface area contributed by atoms with E-state index in [1.165, 1.54) is 6.92 Å². The van der Waals surface area contributed by atoms with Crippen molar-refractivity contribution < 1.29 is 14.3 Å². The van der Waals surface area contributed by atoms with Crippen LogP contribution in [-0.2, 0) is 9.53 Å². The van der Waals surface area contributed by atoms with Crippen LogP contribution in [0, 0.1) is 6.61 Å². The lowest BCUT2D eigenvalue weighted by Gasteiger charge is -2.05. The highest BCUT2D eigenvalue weighted by molar-refractivity contribution is 5.85. The number of methoxy groups -OCH3 is 1. The van der Waals surface area contributed by atoms with E-state index in [9.17, 15) is 4.79 Å². The number of benzene rings is 2. The van der Waals surface area contributed by atoms with Crippen molar-refractivity contribution >= 4 is 16.7 Å². The third-order valence-electron chi connectivity index (χ3n) is 2.29.